The maximum Gasteiger partial charge on any atom is 0.193 e. The standard InChI is InChI=1S/C8H13NO2/c1-3-10-7-5-6-8(9-7)11-4-2/h5-6,9H,3-4H2,1-2H3. The van der Waals surface area contributed by atoms with Crippen molar-refractivity contribution in [2.45, 2.75) is 13.8 Å². The van der Waals surface area contributed by atoms with Gasteiger partial charge >= 0.3 is 0 Å². The average Bonchev–Trinajstić information content (AvgIpc) is 2.38. The van der Waals surface area contributed by atoms with E-state index in [1.165, 1.54) is 0 Å². The molecule has 0 saturated carbocycles. The molecule has 0 saturated heterocycles. The number of H-pyrrole nitrogens is 1. The maximum atomic E-state index is 5.20. The largest absolute Gasteiger partial charge is 0.479 e. The lowest BCUT2D eigenvalue weighted by molar-refractivity contribution is 0.307. The predicted octanol–water partition coefficient (Wildman–Crippen LogP) is 1.81. The normalized spacial score (nSPS) is 9.64. The van der Waals surface area contributed by atoms with Gasteiger partial charge in [-0.05, 0) is 13.8 Å². The molecule has 11 heavy (non-hydrogen) atoms. The zero-order valence-electron chi connectivity index (χ0n) is 6.89. The summed E-state index contributed by atoms with van der Waals surface area (Å²) in [6.45, 7) is 5.24. The molecule has 3 nitrogen and oxygen atoms in total. The van der Waals surface area contributed by atoms with Crippen LogP contribution in [0.25, 0.3) is 0 Å². The van der Waals surface area contributed by atoms with Crippen molar-refractivity contribution in [3.05, 3.63) is 12.1 Å². The molecule has 0 aliphatic heterocycles. The summed E-state index contributed by atoms with van der Waals surface area (Å²) >= 11 is 0. The monoisotopic (exact) mass is 155 g/mol. The van der Waals surface area contributed by atoms with Gasteiger partial charge in [-0.1, -0.05) is 0 Å². The minimum absolute atomic E-state index is 0.673. The second kappa shape index (κ2) is 3.91. The second-order valence-electron chi connectivity index (χ2n) is 2.05. The molecule has 62 valence electrons. The third-order valence-corrected chi connectivity index (χ3v) is 1.23. The molecule has 0 radical (unpaired) electrons. The Bertz CT molecular complexity index is 187. The van der Waals surface area contributed by atoms with E-state index in [2.05, 4.69) is 4.98 Å². The molecule has 0 spiro atoms. The van der Waals surface area contributed by atoms with Crippen LogP contribution in [-0.2, 0) is 0 Å². The second-order valence-corrected chi connectivity index (χ2v) is 2.05. The number of hydrogen-bond acceptors (Lipinski definition) is 2. The van der Waals surface area contributed by atoms with E-state index in [0.29, 0.717) is 13.2 Å². The quantitative estimate of drug-likeness (QED) is 0.719. The van der Waals surface area contributed by atoms with Gasteiger partial charge in [0.05, 0.1) is 13.2 Å². The van der Waals surface area contributed by atoms with Gasteiger partial charge in [-0.3, -0.25) is 4.98 Å². The SMILES string of the molecule is CCOc1ccc(OCC)[nH]1. The molecule has 1 rings (SSSR count). The van der Waals surface area contributed by atoms with Crippen LogP contribution in [0.2, 0.25) is 0 Å². The number of rotatable bonds is 4. The van der Waals surface area contributed by atoms with Gasteiger partial charge in [-0.15, -0.1) is 0 Å². The molecule has 0 bridgehead atoms. The first-order valence-corrected chi connectivity index (χ1v) is 3.81. The lowest BCUT2D eigenvalue weighted by atomic mass is 10.6. The number of hydrogen-bond donors (Lipinski definition) is 1. The molecule has 1 aromatic rings. The van der Waals surface area contributed by atoms with Crippen molar-refractivity contribution in [2.75, 3.05) is 13.2 Å². The topological polar surface area (TPSA) is 34.2 Å². The molecule has 1 N–H and O–H groups in total. The van der Waals surface area contributed by atoms with E-state index in [1.807, 2.05) is 26.0 Å². The van der Waals surface area contributed by atoms with Gasteiger partial charge in [0.1, 0.15) is 0 Å². The van der Waals surface area contributed by atoms with Crippen LogP contribution < -0.4 is 9.47 Å². The van der Waals surface area contributed by atoms with Crippen molar-refractivity contribution in [3.8, 4) is 11.8 Å². The molecule has 1 heterocycles. The lowest BCUT2D eigenvalue weighted by Crippen LogP contribution is -1.93. The van der Waals surface area contributed by atoms with Gasteiger partial charge in [0.25, 0.3) is 0 Å². The zero-order chi connectivity index (χ0) is 8.10. The molecule has 0 unspecified atom stereocenters. The maximum absolute atomic E-state index is 5.20. The summed E-state index contributed by atoms with van der Waals surface area (Å²) in [6.07, 6.45) is 0. The lowest BCUT2D eigenvalue weighted by Gasteiger charge is -1.99. The minimum Gasteiger partial charge on any atom is -0.479 e. The number of nitrogens with one attached hydrogen (secondary N) is 1. The van der Waals surface area contributed by atoms with Crippen LogP contribution in [0.4, 0.5) is 0 Å². The van der Waals surface area contributed by atoms with Gasteiger partial charge in [-0.25, -0.2) is 0 Å². The van der Waals surface area contributed by atoms with Gasteiger partial charge in [0.2, 0.25) is 0 Å². The summed E-state index contributed by atoms with van der Waals surface area (Å²) in [5.74, 6) is 1.52. The van der Waals surface area contributed by atoms with Crippen LogP contribution in [0.1, 0.15) is 13.8 Å². The van der Waals surface area contributed by atoms with E-state index in [4.69, 9.17) is 9.47 Å². The molecule has 3 heteroatoms. The van der Waals surface area contributed by atoms with Gasteiger partial charge < -0.3 is 9.47 Å². The first kappa shape index (κ1) is 7.98. The Hall–Kier alpha value is -1.12. The Labute approximate surface area is 66.3 Å². The highest BCUT2D eigenvalue weighted by molar-refractivity contribution is 5.22. The van der Waals surface area contributed by atoms with Crippen LogP contribution in [-0.4, -0.2) is 18.2 Å². The Morgan fingerprint density at radius 2 is 1.55 bits per heavy atom. The summed E-state index contributed by atoms with van der Waals surface area (Å²) in [6, 6.07) is 3.71. The summed E-state index contributed by atoms with van der Waals surface area (Å²) < 4.78 is 10.4. The van der Waals surface area contributed by atoms with Gasteiger partial charge in [0.15, 0.2) is 11.8 Å². The molecular formula is C8H13NO2. The Balaban J connectivity index is 2.51. The first-order valence-electron chi connectivity index (χ1n) is 3.81. The van der Waals surface area contributed by atoms with E-state index in [1.54, 1.807) is 0 Å². The van der Waals surface area contributed by atoms with Crippen molar-refractivity contribution in [1.29, 1.82) is 0 Å². The predicted molar refractivity (Wildman–Crippen MR) is 43.1 cm³/mol. The molecule has 0 aliphatic carbocycles. The third kappa shape index (κ3) is 2.18. The van der Waals surface area contributed by atoms with Crippen molar-refractivity contribution >= 4 is 0 Å². The third-order valence-electron chi connectivity index (χ3n) is 1.23. The van der Waals surface area contributed by atoms with Crippen molar-refractivity contribution in [2.24, 2.45) is 0 Å². The fraction of sp³-hybridized carbons (Fsp3) is 0.500. The first-order chi connectivity index (χ1) is 5.36. The van der Waals surface area contributed by atoms with E-state index in [-0.39, 0.29) is 0 Å². The van der Waals surface area contributed by atoms with Crippen molar-refractivity contribution < 1.29 is 9.47 Å². The van der Waals surface area contributed by atoms with E-state index >= 15 is 0 Å². The highest BCUT2D eigenvalue weighted by Crippen LogP contribution is 2.15. The molecular weight excluding hydrogens is 142 g/mol. The summed E-state index contributed by atoms with van der Waals surface area (Å²) in [7, 11) is 0. The molecule has 0 amide bonds. The average molecular weight is 155 g/mol. The summed E-state index contributed by atoms with van der Waals surface area (Å²) in [4.78, 5) is 2.97. The van der Waals surface area contributed by atoms with Crippen LogP contribution in [0.15, 0.2) is 12.1 Å². The van der Waals surface area contributed by atoms with E-state index in [0.717, 1.165) is 11.8 Å². The fourth-order valence-corrected chi connectivity index (χ4v) is 0.836. The van der Waals surface area contributed by atoms with Gasteiger partial charge in [-0.2, -0.15) is 0 Å². The fourth-order valence-electron chi connectivity index (χ4n) is 0.836. The highest BCUT2D eigenvalue weighted by Gasteiger charge is 1.96. The summed E-state index contributed by atoms with van der Waals surface area (Å²) in [5.41, 5.74) is 0. The summed E-state index contributed by atoms with van der Waals surface area (Å²) in [5, 5.41) is 0. The van der Waals surface area contributed by atoms with E-state index < -0.39 is 0 Å². The smallest absolute Gasteiger partial charge is 0.193 e. The van der Waals surface area contributed by atoms with Crippen LogP contribution >= 0.6 is 0 Å². The Morgan fingerprint density at radius 3 is 1.91 bits per heavy atom. The van der Waals surface area contributed by atoms with Crippen molar-refractivity contribution in [3.63, 3.8) is 0 Å². The van der Waals surface area contributed by atoms with Gasteiger partial charge in [0, 0.05) is 12.1 Å². The molecule has 0 atom stereocenters. The number of ether oxygens (including phenoxy) is 2. The minimum atomic E-state index is 0.673. The molecule has 1 aromatic heterocycles. The highest BCUT2D eigenvalue weighted by atomic mass is 16.5. The Kier molecular flexibility index (Phi) is 2.83. The van der Waals surface area contributed by atoms with Crippen LogP contribution in [0.5, 0.6) is 11.8 Å². The molecule has 0 aliphatic rings. The van der Waals surface area contributed by atoms with E-state index in [9.17, 15) is 0 Å². The number of aromatic amines is 1. The number of aromatic nitrogens is 1. The van der Waals surface area contributed by atoms with Crippen LogP contribution in [0.3, 0.4) is 0 Å². The molecule has 0 fully saturated rings. The Morgan fingerprint density at radius 1 is 1.09 bits per heavy atom. The zero-order valence-corrected chi connectivity index (χ0v) is 6.89. The van der Waals surface area contributed by atoms with Crippen molar-refractivity contribution in [1.82, 2.24) is 4.98 Å². The van der Waals surface area contributed by atoms with Crippen LogP contribution in [0, 0.1) is 0 Å². The molecule has 0 aromatic carbocycles.